The monoisotopic (exact) mass is 528 g/mol. The lowest BCUT2D eigenvalue weighted by molar-refractivity contribution is 0.594. The van der Waals surface area contributed by atoms with Crippen molar-refractivity contribution >= 4 is 42.4 Å². The second-order valence-electron chi connectivity index (χ2n) is 7.70. The lowest BCUT2D eigenvalue weighted by Crippen LogP contribution is -2.19. The Balaban J connectivity index is 1.67. The average Bonchev–Trinajstić information content (AvgIpc) is 3.20. The third kappa shape index (κ3) is 4.84. The number of hydrogen-bond donors (Lipinski definition) is 1. The molecular formula is C24H22BrFN4O2S. The molecule has 0 spiro atoms. The zero-order valence-electron chi connectivity index (χ0n) is 18.1. The van der Waals surface area contributed by atoms with Crippen LogP contribution < -0.4 is 5.32 Å². The molecule has 2 aromatic heterocycles. The molecule has 1 N–H and O–H groups in total. The third-order valence-corrected chi connectivity index (χ3v) is 6.81. The maximum Gasteiger partial charge on any atom is 0.192 e. The van der Waals surface area contributed by atoms with Gasteiger partial charge in [-0.25, -0.2) is 22.5 Å². The van der Waals surface area contributed by atoms with E-state index in [2.05, 4.69) is 37.9 Å². The molecular weight excluding hydrogens is 507 g/mol. The van der Waals surface area contributed by atoms with Crippen LogP contribution in [0.15, 0.2) is 77.0 Å². The first-order chi connectivity index (χ1) is 15.7. The van der Waals surface area contributed by atoms with Crippen LogP contribution in [0.2, 0.25) is 0 Å². The molecule has 170 valence electrons. The molecule has 0 saturated heterocycles. The van der Waals surface area contributed by atoms with Gasteiger partial charge in [0, 0.05) is 33.6 Å². The summed E-state index contributed by atoms with van der Waals surface area (Å²) < 4.78 is 39.4. The molecule has 6 nitrogen and oxygen atoms in total. The topological polar surface area (TPSA) is 76.9 Å². The summed E-state index contributed by atoms with van der Waals surface area (Å²) in [6.45, 7) is 6.27. The van der Waals surface area contributed by atoms with Crippen molar-refractivity contribution in [1.29, 1.82) is 0 Å². The molecule has 1 atom stereocenters. The Morgan fingerprint density at radius 3 is 2.52 bits per heavy atom. The fourth-order valence-electron chi connectivity index (χ4n) is 3.66. The van der Waals surface area contributed by atoms with E-state index >= 15 is 0 Å². The predicted octanol–water partition coefficient (Wildman–Crippen LogP) is 5.44. The second-order valence-corrected chi connectivity index (χ2v) is 10.6. The maximum absolute atomic E-state index is 13.4. The Morgan fingerprint density at radius 2 is 1.91 bits per heavy atom. The summed E-state index contributed by atoms with van der Waals surface area (Å²) in [6.07, 6.45) is 5.21. The van der Waals surface area contributed by atoms with E-state index in [9.17, 15) is 12.8 Å². The number of benzene rings is 2. The van der Waals surface area contributed by atoms with Crippen molar-refractivity contribution in [1.82, 2.24) is 20.1 Å². The van der Waals surface area contributed by atoms with Gasteiger partial charge in [-0.15, -0.1) is 0 Å². The van der Waals surface area contributed by atoms with E-state index in [0.29, 0.717) is 5.70 Å². The first-order valence-corrected chi connectivity index (χ1v) is 12.9. The molecule has 0 aliphatic carbocycles. The van der Waals surface area contributed by atoms with E-state index in [4.69, 9.17) is 0 Å². The molecule has 1 unspecified atom stereocenters. The number of hydrogen-bond acceptors (Lipinski definition) is 5. The Morgan fingerprint density at radius 1 is 1.18 bits per heavy atom. The standard InChI is InChI=1S/C24H22BrFN4O2S/c1-4-22(16-5-10-24(27-13-16)33(3,31)32)29-15(2)20-11-17(25)12-23-21(20)14-28-30(23)19-8-6-18(26)7-9-19/h5-14,22,29H,2,4H2,1,3H3. The van der Waals surface area contributed by atoms with Crippen molar-refractivity contribution in [2.45, 2.75) is 24.4 Å². The first kappa shape index (κ1) is 23.1. The van der Waals surface area contributed by atoms with Crippen LogP contribution in [-0.2, 0) is 9.84 Å². The smallest absolute Gasteiger partial charge is 0.192 e. The van der Waals surface area contributed by atoms with Crippen molar-refractivity contribution in [2.24, 2.45) is 0 Å². The van der Waals surface area contributed by atoms with Gasteiger partial charge in [-0.2, -0.15) is 5.10 Å². The fraction of sp³-hybridized carbons (Fsp3) is 0.167. The van der Waals surface area contributed by atoms with E-state index in [0.717, 1.165) is 44.9 Å². The van der Waals surface area contributed by atoms with Crippen molar-refractivity contribution in [3.63, 3.8) is 0 Å². The largest absolute Gasteiger partial charge is 0.378 e. The minimum absolute atomic E-state index is 0.0434. The molecule has 33 heavy (non-hydrogen) atoms. The number of halogens is 2. The second kappa shape index (κ2) is 9.07. The van der Waals surface area contributed by atoms with Gasteiger partial charge in [0.2, 0.25) is 0 Å². The van der Waals surface area contributed by atoms with Gasteiger partial charge in [-0.05, 0) is 54.4 Å². The highest BCUT2D eigenvalue weighted by molar-refractivity contribution is 9.10. The quantitative estimate of drug-likeness (QED) is 0.345. The SMILES string of the molecule is C=C(NC(CC)c1ccc(S(C)(=O)=O)nc1)c1cc(Br)cc2c1cnn2-c1ccc(F)cc1. The first-order valence-electron chi connectivity index (χ1n) is 10.2. The van der Waals surface area contributed by atoms with E-state index in [1.807, 2.05) is 19.1 Å². The highest BCUT2D eigenvalue weighted by atomic mass is 79.9. The predicted molar refractivity (Wildman–Crippen MR) is 131 cm³/mol. The molecule has 9 heteroatoms. The molecule has 4 aromatic rings. The van der Waals surface area contributed by atoms with Crippen LogP contribution in [0.4, 0.5) is 4.39 Å². The number of sulfone groups is 1. The van der Waals surface area contributed by atoms with Gasteiger partial charge in [-0.1, -0.05) is 35.5 Å². The summed E-state index contributed by atoms with van der Waals surface area (Å²) in [5, 5.41) is 8.88. The summed E-state index contributed by atoms with van der Waals surface area (Å²) in [7, 11) is -3.35. The Bertz CT molecular complexity index is 1430. The number of rotatable bonds is 7. The molecule has 0 radical (unpaired) electrons. The van der Waals surface area contributed by atoms with Gasteiger partial charge in [0.05, 0.1) is 23.4 Å². The van der Waals surface area contributed by atoms with E-state index < -0.39 is 9.84 Å². The Kier molecular flexibility index (Phi) is 6.36. The Labute approximate surface area is 200 Å². The maximum atomic E-state index is 13.4. The van der Waals surface area contributed by atoms with Crippen LogP contribution >= 0.6 is 15.9 Å². The van der Waals surface area contributed by atoms with Crippen LogP contribution in [0.5, 0.6) is 0 Å². The highest BCUT2D eigenvalue weighted by Crippen LogP contribution is 2.31. The van der Waals surface area contributed by atoms with Gasteiger partial charge in [-0.3, -0.25) is 0 Å². The highest BCUT2D eigenvalue weighted by Gasteiger charge is 2.17. The molecule has 2 heterocycles. The molecule has 0 amide bonds. The van der Waals surface area contributed by atoms with Crippen molar-refractivity contribution < 1.29 is 12.8 Å². The van der Waals surface area contributed by atoms with Crippen molar-refractivity contribution in [3.8, 4) is 5.69 Å². The van der Waals surface area contributed by atoms with Crippen molar-refractivity contribution in [3.05, 3.63) is 88.9 Å². The lowest BCUT2D eigenvalue weighted by atomic mass is 10.0. The molecule has 0 aliphatic rings. The number of fused-ring (bicyclic) bond motifs is 1. The summed E-state index contributed by atoms with van der Waals surface area (Å²) in [4.78, 5) is 4.10. The van der Waals surface area contributed by atoms with Gasteiger partial charge in [0.15, 0.2) is 14.9 Å². The number of nitrogens with one attached hydrogen (secondary N) is 1. The van der Waals surface area contributed by atoms with E-state index in [-0.39, 0.29) is 16.9 Å². The molecule has 0 saturated carbocycles. The molecule has 0 bridgehead atoms. The number of nitrogens with zero attached hydrogens (tertiary/aromatic N) is 3. The van der Waals surface area contributed by atoms with Crippen LogP contribution in [0, 0.1) is 5.82 Å². The van der Waals surface area contributed by atoms with E-state index in [1.54, 1.807) is 35.3 Å². The fourth-order valence-corrected chi connectivity index (χ4v) is 4.66. The van der Waals surface area contributed by atoms with Gasteiger partial charge < -0.3 is 5.32 Å². The lowest BCUT2D eigenvalue weighted by Gasteiger charge is -2.21. The van der Waals surface area contributed by atoms with Gasteiger partial charge in [0.1, 0.15) is 5.82 Å². The third-order valence-electron chi connectivity index (χ3n) is 5.35. The van der Waals surface area contributed by atoms with Crippen LogP contribution in [0.3, 0.4) is 0 Å². The number of pyridine rings is 1. The zero-order valence-corrected chi connectivity index (χ0v) is 20.5. The normalized spacial score (nSPS) is 12.6. The molecule has 0 fully saturated rings. The summed E-state index contributed by atoms with van der Waals surface area (Å²) >= 11 is 3.57. The average molecular weight is 529 g/mol. The van der Waals surface area contributed by atoms with Crippen LogP contribution in [0.1, 0.15) is 30.5 Å². The van der Waals surface area contributed by atoms with Gasteiger partial charge in [0.25, 0.3) is 0 Å². The summed E-state index contributed by atoms with van der Waals surface area (Å²) in [5.41, 5.74) is 4.02. The van der Waals surface area contributed by atoms with Crippen LogP contribution in [0.25, 0.3) is 22.3 Å². The van der Waals surface area contributed by atoms with Gasteiger partial charge >= 0.3 is 0 Å². The van der Waals surface area contributed by atoms with E-state index in [1.165, 1.54) is 18.2 Å². The van der Waals surface area contributed by atoms with Crippen molar-refractivity contribution in [2.75, 3.05) is 6.26 Å². The summed E-state index contributed by atoms with van der Waals surface area (Å²) in [5.74, 6) is -0.306. The molecule has 0 aliphatic heterocycles. The zero-order chi connectivity index (χ0) is 23.8. The molecule has 2 aromatic carbocycles. The number of aromatic nitrogens is 3. The minimum atomic E-state index is -3.35. The Hall–Kier alpha value is -3.04. The minimum Gasteiger partial charge on any atom is -0.378 e. The van der Waals surface area contributed by atoms with Crippen LogP contribution in [-0.4, -0.2) is 29.4 Å². The molecule has 4 rings (SSSR count). The summed E-state index contributed by atoms with van der Waals surface area (Å²) in [6, 6.07) is 13.2.